The van der Waals surface area contributed by atoms with Crippen LogP contribution in [0.25, 0.3) is 0 Å². The molecule has 286 valence electrons. The van der Waals surface area contributed by atoms with Gasteiger partial charge in [-0.15, -0.1) is 0 Å². The second-order valence-electron chi connectivity index (χ2n) is 12.9. The Balaban J connectivity index is 1.26. The molecule has 1 aromatic rings. The number of carbonyl (C=O) groups is 2. The minimum absolute atomic E-state index is 0.0633. The SMILES string of the molecule is CCCCCCCCCCCCCCCC(=O)NCCc1cc(Br)c(OCCCNC(=O)C2=NOC3(CC(Br)=C(OC)C(Br)=CO3)C2O)c(Br)c1. The van der Waals surface area contributed by atoms with Crippen LogP contribution < -0.4 is 15.4 Å². The lowest BCUT2D eigenvalue weighted by molar-refractivity contribution is -0.225. The van der Waals surface area contributed by atoms with Crippen molar-refractivity contribution in [3.63, 3.8) is 0 Å². The highest BCUT2D eigenvalue weighted by Crippen LogP contribution is 2.41. The Morgan fingerprint density at radius 1 is 0.902 bits per heavy atom. The standard InChI is InChI=1S/C37H53Br4N3O7/c1-3-4-5-6-7-8-9-10-11-12-13-14-15-17-31(45)42-20-18-26-22-27(38)34(28(39)23-26)49-21-16-19-43-36(47)32-35(46)37(51-44-32)24-29(40)33(48-2)30(41)25-50-37/h22-23,25,35,46H,3-21,24H2,1-2H3,(H,42,45)(H,43,47). The number of methoxy groups -OCH3 is 1. The molecule has 51 heavy (non-hydrogen) atoms. The normalized spacial score (nSPS) is 18.5. The maximum Gasteiger partial charge on any atom is 0.311 e. The van der Waals surface area contributed by atoms with E-state index in [4.69, 9.17) is 19.0 Å². The van der Waals surface area contributed by atoms with E-state index in [1.807, 2.05) is 12.1 Å². The second-order valence-corrected chi connectivity index (χ2v) is 16.4. The number of benzene rings is 1. The number of hydrogen-bond donors (Lipinski definition) is 3. The summed E-state index contributed by atoms with van der Waals surface area (Å²) >= 11 is 14.0. The Hall–Kier alpha value is -1.61. The van der Waals surface area contributed by atoms with E-state index in [-0.39, 0.29) is 24.6 Å². The predicted octanol–water partition coefficient (Wildman–Crippen LogP) is 9.59. The number of amides is 2. The van der Waals surface area contributed by atoms with E-state index in [9.17, 15) is 14.7 Å². The van der Waals surface area contributed by atoms with E-state index >= 15 is 0 Å². The van der Waals surface area contributed by atoms with Crippen molar-refractivity contribution >= 4 is 81.2 Å². The minimum atomic E-state index is -1.60. The van der Waals surface area contributed by atoms with E-state index in [0.29, 0.717) is 52.9 Å². The Morgan fingerprint density at radius 2 is 1.51 bits per heavy atom. The number of aliphatic hydroxyl groups is 1. The van der Waals surface area contributed by atoms with Gasteiger partial charge in [0.05, 0.1) is 33.6 Å². The fourth-order valence-electron chi connectivity index (χ4n) is 5.87. The van der Waals surface area contributed by atoms with Gasteiger partial charge in [-0.25, -0.2) is 0 Å². The summed E-state index contributed by atoms with van der Waals surface area (Å²) in [7, 11) is 1.51. The monoisotopic (exact) mass is 967 g/mol. The summed E-state index contributed by atoms with van der Waals surface area (Å²) < 4.78 is 19.7. The highest BCUT2D eigenvalue weighted by Gasteiger charge is 2.54. The van der Waals surface area contributed by atoms with Crippen molar-refractivity contribution in [1.29, 1.82) is 0 Å². The molecule has 0 bridgehead atoms. The molecule has 0 aliphatic carbocycles. The average molecular weight is 971 g/mol. The summed E-state index contributed by atoms with van der Waals surface area (Å²) in [5.41, 5.74) is 0.880. The molecule has 0 fully saturated rings. The third kappa shape index (κ3) is 14.6. The number of rotatable bonds is 24. The molecule has 2 aliphatic heterocycles. The molecule has 0 saturated heterocycles. The van der Waals surface area contributed by atoms with E-state index in [0.717, 1.165) is 27.4 Å². The third-order valence-electron chi connectivity index (χ3n) is 8.79. The zero-order valence-corrected chi connectivity index (χ0v) is 36.2. The van der Waals surface area contributed by atoms with Crippen LogP contribution in [-0.2, 0) is 30.3 Å². The predicted molar refractivity (Wildman–Crippen MR) is 215 cm³/mol. The number of nitrogens with one attached hydrogen (secondary N) is 2. The molecule has 2 amide bonds. The fourth-order valence-corrected chi connectivity index (χ4v) is 8.90. The average Bonchev–Trinajstić information content (AvgIpc) is 3.34. The van der Waals surface area contributed by atoms with Crippen molar-refractivity contribution in [2.24, 2.45) is 5.16 Å². The molecule has 2 atom stereocenters. The molecule has 0 saturated carbocycles. The summed E-state index contributed by atoms with van der Waals surface area (Å²) in [5, 5.41) is 20.5. The highest BCUT2D eigenvalue weighted by molar-refractivity contribution is 9.12. The largest absolute Gasteiger partial charge is 0.495 e. The van der Waals surface area contributed by atoms with Gasteiger partial charge in [-0.1, -0.05) is 105 Å². The topological polar surface area (TPSA) is 128 Å². The first-order valence-corrected chi connectivity index (χ1v) is 21.3. The van der Waals surface area contributed by atoms with E-state index in [2.05, 4.69) is 86.4 Å². The quantitative estimate of drug-likeness (QED) is 0.0882. The zero-order valence-electron chi connectivity index (χ0n) is 29.8. The first-order chi connectivity index (χ1) is 24.6. The van der Waals surface area contributed by atoms with Crippen molar-refractivity contribution in [3.8, 4) is 5.75 Å². The summed E-state index contributed by atoms with van der Waals surface area (Å²) in [6.45, 7) is 3.46. The molecule has 3 N–H and O–H groups in total. The molecule has 3 rings (SSSR count). The van der Waals surface area contributed by atoms with Crippen LogP contribution in [0.5, 0.6) is 5.75 Å². The smallest absolute Gasteiger partial charge is 0.311 e. The van der Waals surface area contributed by atoms with Gasteiger partial charge in [0.1, 0.15) is 17.8 Å². The highest BCUT2D eigenvalue weighted by atomic mass is 79.9. The number of aliphatic hydroxyl groups excluding tert-OH is 1. The van der Waals surface area contributed by atoms with Crippen molar-refractivity contribution in [2.75, 3.05) is 26.8 Å². The molecule has 1 aromatic carbocycles. The fraction of sp³-hybridized carbons (Fsp3) is 0.649. The van der Waals surface area contributed by atoms with Gasteiger partial charge >= 0.3 is 5.79 Å². The summed E-state index contributed by atoms with van der Waals surface area (Å²) in [4.78, 5) is 30.6. The maximum atomic E-state index is 12.8. The lowest BCUT2D eigenvalue weighted by atomic mass is 10.0. The van der Waals surface area contributed by atoms with Gasteiger partial charge in [0, 0.05) is 24.0 Å². The molecular formula is C37H53Br4N3O7. The molecule has 2 aliphatic rings. The molecule has 0 radical (unpaired) electrons. The van der Waals surface area contributed by atoms with Crippen LogP contribution in [0, 0.1) is 0 Å². The van der Waals surface area contributed by atoms with Crippen molar-refractivity contribution in [3.05, 3.63) is 47.6 Å². The molecule has 0 aromatic heterocycles. The zero-order chi connectivity index (χ0) is 37.1. The Labute approximate surface area is 336 Å². The number of hydrogen-bond acceptors (Lipinski definition) is 8. The number of allylic oxidation sites excluding steroid dienone is 1. The molecule has 2 heterocycles. The van der Waals surface area contributed by atoms with Crippen LogP contribution in [0.4, 0.5) is 0 Å². The number of ether oxygens (including phenoxy) is 3. The Bertz CT molecular complexity index is 1350. The van der Waals surface area contributed by atoms with Gasteiger partial charge in [0.25, 0.3) is 5.91 Å². The van der Waals surface area contributed by atoms with Crippen LogP contribution in [0.15, 0.2) is 47.2 Å². The number of oxime groups is 1. The molecule has 2 unspecified atom stereocenters. The second kappa shape index (κ2) is 23.9. The van der Waals surface area contributed by atoms with E-state index < -0.39 is 17.8 Å². The van der Waals surface area contributed by atoms with E-state index in [1.54, 1.807) is 0 Å². The van der Waals surface area contributed by atoms with Gasteiger partial charge < -0.3 is 34.8 Å². The minimum Gasteiger partial charge on any atom is -0.495 e. The lowest BCUT2D eigenvalue weighted by Crippen LogP contribution is -2.49. The molecule has 10 nitrogen and oxygen atoms in total. The number of carbonyl (C=O) groups excluding carboxylic acids is 2. The number of unbranched alkanes of at least 4 members (excludes halogenated alkanes) is 12. The van der Waals surface area contributed by atoms with Crippen molar-refractivity contribution in [1.82, 2.24) is 10.6 Å². The van der Waals surface area contributed by atoms with Gasteiger partial charge in [-0.2, -0.15) is 0 Å². The van der Waals surface area contributed by atoms with Crippen LogP contribution >= 0.6 is 63.7 Å². The summed E-state index contributed by atoms with van der Waals surface area (Å²) in [6, 6.07) is 3.98. The van der Waals surface area contributed by atoms with Gasteiger partial charge in [-0.3, -0.25) is 9.59 Å². The number of nitrogens with zero attached hydrogens (tertiary/aromatic N) is 1. The molecule has 1 spiro atoms. The lowest BCUT2D eigenvalue weighted by Gasteiger charge is -2.27. The van der Waals surface area contributed by atoms with Gasteiger partial charge in [-0.05, 0) is 84.7 Å². The third-order valence-corrected chi connectivity index (χ3v) is 11.2. The van der Waals surface area contributed by atoms with Crippen LogP contribution in [0.3, 0.4) is 0 Å². The maximum absolute atomic E-state index is 12.8. The first kappa shape index (κ1) is 43.8. The molecule has 14 heteroatoms. The first-order valence-electron chi connectivity index (χ1n) is 18.2. The summed E-state index contributed by atoms with van der Waals surface area (Å²) in [6.07, 6.45) is 18.6. The van der Waals surface area contributed by atoms with Crippen LogP contribution in [0.1, 0.15) is 115 Å². The number of halogens is 4. The van der Waals surface area contributed by atoms with E-state index in [1.165, 1.54) is 84.0 Å². The van der Waals surface area contributed by atoms with Gasteiger partial charge in [0.15, 0.2) is 11.8 Å². The molecular weight excluding hydrogens is 918 g/mol. The van der Waals surface area contributed by atoms with Gasteiger partial charge in [0.2, 0.25) is 5.91 Å². The van der Waals surface area contributed by atoms with Crippen LogP contribution in [-0.4, -0.2) is 61.3 Å². The Morgan fingerprint density at radius 3 is 2.12 bits per heavy atom. The van der Waals surface area contributed by atoms with Crippen LogP contribution in [0.2, 0.25) is 0 Å². The summed E-state index contributed by atoms with van der Waals surface area (Å²) in [5.74, 6) is -0.922. The van der Waals surface area contributed by atoms with Crippen molar-refractivity contribution in [2.45, 2.75) is 128 Å². The Kier molecular flexibility index (Phi) is 20.5. The van der Waals surface area contributed by atoms with Crippen molar-refractivity contribution < 1.29 is 33.7 Å².